The quantitative estimate of drug-likeness (QED) is 0.809. The minimum Gasteiger partial charge on any atom is -0.483 e. The van der Waals surface area contributed by atoms with E-state index in [2.05, 4.69) is 5.32 Å². The van der Waals surface area contributed by atoms with Crippen LogP contribution in [0.25, 0.3) is 0 Å². The lowest BCUT2D eigenvalue weighted by atomic mass is 9.99. The number of carboxylic acid groups (broad SMARTS) is 1. The van der Waals surface area contributed by atoms with E-state index in [1.165, 1.54) is 0 Å². The maximum atomic E-state index is 11.8. The van der Waals surface area contributed by atoms with Gasteiger partial charge in [0, 0.05) is 0 Å². The summed E-state index contributed by atoms with van der Waals surface area (Å²) in [5.41, 5.74) is 2.05. The zero-order valence-corrected chi connectivity index (χ0v) is 13.0. The molecule has 5 heteroatoms. The number of nitrogens with one attached hydrogen (secondary N) is 1. The zero-order valence-electron chi connectivity index (χ0n) is 13.0. The summed E-state index contributed by atoms with van der Waals surface area (Å²) >= 11 is 0. The van der Waals surface area contributed by atoms with Gasteiger partial charge in [-0.2, -0.15) is 0 Å². The lowest BCUT2D eigenvalue weighted by Crippen LogP contribution is -2.46. The van der Waals surface area contributed by atoms with Gasteiger partial charge < -0.3 is 15.2 Å². The van der Waals surface area contributed by atoms with E-state index in [0.717, 1.165) is 11.1 Å². The van der Waals surface area contributed by atoms with Gasteiger partial charge in [0.25, 0.3) is 5.91 Å². The highest BCUT2D eigenvalue weighted by molar-refractivity contribution is 5.84. The van der Waals surface area contributed by atoms with Gasteiger partial charge >= 0.3 is 5.97 Å². The third-order valence-corrected chi connectivity index (χ3v) is 3.71. The first-order chi connectivity index (χ1) is 9.86. The van der Waals surface area contributed by atoms with Crippen molar-refractivity contribution in [2.45, 2.75) is 40.2 Å². The molecule has 0 unspecified atom stereocenters. The van der Waals surface area contributed by atoms with Crippen LogP contribution in [0.3, 0.4) is 0 Å². The fourth-order valence-corrected chi connectivity index (χ4v) is 1.92. The molecule has 1 amide bonds. The number of hydrogen-bond acceptors (Lipinski definition) is 3. The van der Waals surface area contributed by atoms with Crippen LogP contribution in [0.4, 0.5) is 0 Å². The molecule has 0 aromatic heterocycles. The molecule has 1 aromatic rings. The van der Waals surface area contributed by atoms with Crippen LogP contribution >= 0.6 is 0 Å². The Balaban J connectivity index is 2.61. The van der Waals surface area contributed by atoms with Crippen LogP contribution in [0.2, 0.25) is 0 Å². The molecular formula is C16H23NO4. The Hall–Kier alpha value is -2.04. The van der Waals surface area contributed by atoms with E-state index in [-0.39, 0.29) is 12.5 Å². The number of amides is 1. The average molecular weight is 293 g/mol. The SMILES string of the molecule is CC[C@H](C)[C@H](NC(=O)COc1cccc(C)c1C)C(=O)O. The molecule has 1 aromatic carbocycles. The minimum absolute atomic E-state index is 0.132. The van der Waals surface area contributed by atoms with Gasteiger partial charge in [-0.25, -0.2) is 4.79 Å². The topological polar surface area (TPSA) is 75.6 Å². The molecular weight excluding hydrogens is 270 g/mol. The Morgan fingerprint density at radius 1 is 1.33 bits per heavy atom. The summed E-state index contributed by atoms with van der Waals surface area (Å²) in [6.07, 6.45) is 0.676. The molecule has 0 aliphatic rings. The average Bonchev–Trinajstić information content (AvgIpc) is 2.45. The van der Waals surface area contributed by atoms with Gasteiger partial charge in [-0.15, -0.1) is 0 Å². The van der Waals surface area contributed by atoms with Crippen molar-refractivity contribution in [3.63, 3.8) is 0 Å². The van der Waals surface area contributed by atoms with Crippen molar-refractivity contribution in [2.75, 3.05) is 6.61 Å². The molecule has 116 valence electrons. The molecule has 0 spiro atoms. The van der Waals surface area contributed by atoms with Crippen molar-refractivity contribution in [1.29, 1.82) is 0 Å². The van der Waals surface area contributed by atoms with Crippen molar-refractivity contribution >= 4 is 11.9 Å². The lowest BCUT2D eigenvalue weighted by molar-refractivity contribution is -0.143. The van der Waals surface area contributed by atoms with Gasteiger partial charge in [-0.1, -0.05) is 32.4 Å². The van der Waals surface area contributed by atoms with E-state index in [0.29, 0.717) is 12.2 Å². The Kier molecular flexibility index (Phi) is 6.21. The van der Waals surface area contributed by atoms with Crippen LogP contribution in [-0.2, 0) is 9.59 Å². The Morgan fingerprint density at radius 2 is 2.00 bits per heavy atom. The smallest absolute Gasteiger partial charge is 0.326 e. The molecule has 0 saturated carbocycles. The summed E-state index contributed by atoms with van der Waals surface area (Å²) in [7, 11) is 0. The highest BCUT2D eigenvalue weighted by atomic mass is 16.5. The van der Waals surface area contributed by atoms with Crippen molar-refractivity contribution in [2.24, 2.45) is 5.92 Å². The van der Waals surface area contributed by atoms with Gasteiger partial charge in [0.1, 0.15) is 11.8 Å². The van der Waals surface area contributed by atoms with Crippen LogP contribution in [0, 0.1) is 19.8 Å². The largest absolute Gasteiger partial charge is 0.483 e. The van der Waals surface area contributed by atoms with Crippen LogP contribution < -0.4 is 10.1 Å². The van der Waals surface area contributed by atoms with E-state index in [1.807, 2.05) is 32.9 Å². The van der Waals surface area contributed by atoms with Gasteiger partial charge in [0.2, 0.25) is 0 Å². The van der Waals surface area contributed by atoms with E-state index in [9.17, 15) is 9.59 Å². The molecule has 0 saturated heterocycles. The molecule has 0 heterocycles. The van der Waals surface area contributed by atoms with Crippen LogP contribution in [0.1, 0.15) is 31.4 Å². The number of ether oxygens (including phenoxy) is 1. The first-order valence-electron chi connectivity index (χ1n) is 7.08. The summed E-state index contributed by atoms with van der Waals surface area (Å²) in [5.74, 6) is -0.944. The molecule has 0 bridgehead atoms. The van der Waals surface area contributed by atoms with Crippen LogP contribution in [0.15, 0.2) is 18.2 Å². The molecule has 5 nitrogen and oxygen atoms in total. The second-order valence-corrected chi connectivity index (χ2v) is 5.26. The maximum absolute atomic E-state index is 11.8. The zero-order chi connectivity index (χ0) is 16.0. The number of aliphatic carboxylic acids is 1. The fraction of sp³-hybridized carbons (Fsp3) is 0.500. The second-order valence-electron chi connectivity index (χ2n) is 5.26. The normalized spacial score (nSPS) is 13.3. The molecule has 2 atom stereocenters. The van der Waals surface area contributed by atoms with Crippen molar-refractivity contribution in [3.05, 3.63) is 29.3 Å². The number of aryl methyl sites for hydroxylation is 1. The Labute approximate surface area is 125 Å². The monoisotopic (exact) mass is 293 g/mol. The predicted molar refractivity (Wildman–Crippen MR) is 80.4 cm³/mol. The van der Waals surface area contributed by atoms with Crippen molar-refractivity contribution < 1.29 is 19.4 Å². The predicted octanol–water partition coefficient (Wildman–Crippen LogP) is 2.30. The summed E-state index contributed by atoms with van der Waals surface area (Å²) in [5, 5.41) is 11.6. The molecule has 21 heavy (non-hydrogen) atoms. The van der Waals surface area contributed by atoms with Crippen LogP contribution in [-0.4, -0.2) is 29.6 Å². The number of hydrogen-bond donors (Lipinski definition) is 2. The molecule has 1 rings (SSSR count). The first-order valence-corrected chi connectivity index (χ1v) is 7.08. The third-order valence-electron chi connectivity index (χ3n) is 3.71. The highest BCUT2D eigenvalue weighted by Gasteiger charge is 2.25. The first kappa shape index (κ1) is 17.0. The van der Waals surface area contributed by atoms with Crippen molar-refractivity contribution in [3.8, 4) is 5.75 Å². The third kappa shape index (κ3) is 4.77. The lowest BCUT2D eigenvalue weighted by Gasteiger charge is -2.20. The summed E-state index contributed by atoms with van der Waals surface area (Å²) in [6, 6.07) is 4.73. The molecule has 0 fully saturated rings. The van der Waals surface area contributed by atoms with Gasteiger partial charge in [-0.3, -0.25) is 4.79 Å². The second kappa shape index (κ2) is 7.67. The number of carbonyl (C=O) groups excluding carboxylic acids is 1. The summed E-state index contributed by atoms with van der Waals surface area (Å²) in [6.45, 7) is 7.38. The van der Waals surface area contributed by atoms with E-state index >= 15 is 0 Å². The van der Waals surface area contributed by atoms with E-state index < -0.39 is 17.9 Å². The maximum Gasteiger partial charge on any atom is 0.326 e. The molecule has 2 N–H and O–H groups in total. The number of carbonyl (C=O) groups is 2. The fourth-order valence-electron chi connectivity index (χ4n) is 1.92. The highest BCUT2D eigenvalue weighted by Crippen LogP contribution is 2.20. The van der Waals surface area contributed by atoms with Gasteiger partial charge in [0.15, 0.2) is 6.61 Å². The number of rotatable bonds is 7. The van der Waals surface area contributed by atoms with E-state index in [1.54, 1.807) is 13.0 Å². The minimum atomic E-state index is -1.02. The molecule has 0 aliphatic heterocycles. The summed E-state index contributed by atoms with van der Waals surface area (Å²) < 4.78 is 5.47. The van der Waals surface area contributed by atoms with Gasteiger partial charge in [0.05, 0.1) is 0 Å². The van der Waals surface area contributed by atoms with Crippen molar-refractivity contribution in [1.82, 2.24) is 5.32 Å². The number of carboxylic acids is 1. The standard InChI is InChI=1S/C16H23NO4/c1-5-10(2)15(16(19)20)17-14(18)9-21-13-8-6-7-11(3)12(13)4/h6-8,10,15H,5,9H2,1-4H3,(H,17,18)(H,19,20)/t10-,15-/m0/s1. The number of benzene rings is 1. The van der Waals surface area contributed by atoms with Crippen LogP contribution in [0.5, 0.6) is 5.75 Å². The molecule has 0 radical (unpaired) electrons. The van der Waals surface area contributed by atoms with E-state index in [4.69, 9.17) is 9.84 Å². The Morgan fingerprint density at radius 3 is 2.57 bits per heavy atom. The Bertz CT molecular complexity index is 513. The summed E-state index contributed by atoms with van der Waals surface area (Å²) in [4.78, 5) is 23.0. The molecule has 0 aliphatic carbocycles. The van der Waals surface area contributed by atoms with Gasteiger partial charge in [-0.05, 0) is 37.0 Å².